The molecule has 1 aromatic rings. The van der Waals surface area contributed by atoms with E-state index in [1.807, 2.05) is 6.26 Å². The average molecular weight is 238 g/mol. The van der Waals surface area contributed by atoms with Crippen LogP contribution in [0.15, 0.2) is 5.03 Å². The minimum atomic E-state index is -0.400. The molecule has 0 radical (unpaired) electrons. The van der Waals surface area contributed by atoms with E-state index in [9.17, 15) is 5.11 Å². The van der Waals surface area contributed by atoms with E-state index in [-0.39, 0.29) is 6.04 Å². The van der Waals surface area contributed by atoms with E-state index < -0.39 is 6.10 Å². The summed E-state index contributed by atoms with van der Waals surface area (Å²) in [6, 6.07) is 1.99. The molecular weight excluding hydrogens is 224 g/mol. The number of hydrogen-bond acceptors (Lipinski definition) is 5. The number of thioether (sulfide) groups is 1. The van der Waals surface area contributed by atoms with Gasteiger partial charge in [-0.05, 0) is 25.5 Å². The summed E-state index contributed by atoms with van der Waals surface area (Å²) in [4.78, 5) is 0. The Morgan fingerprint density at radius 3 is 2.81 bits per heavy atom. The molecule has 3 N–H and O–H groups in total. The normalized spacial score (nSPS) is 24.6. The van der Waals surface area contributed by atoms with E-state index in [4.69, 9.17) is 11.0 Å². The van der Waals surface area contributed by atoms with Crippen LogP contribution < -0.4 is 5.73 Å². The van der Waals surface area contributed by atoms with Crippen molar-refractivity contribution in [2.45, 2.75) is 36.4 Å². The fraction of sp³-hybridized carbons (Fsp3) is 0.600. The number of anilines is 1. The fourth-order valence-electron chi connectivity index (χ4n) is 2.13. The van der Waals surface area contributed by atoms with Gasteiger partial charge in [0.15, 0.2) is 0 Å². The summed E-state index contributed by atoms with van der Waals surface area (Å²) in [7, 11) is 0. The maximum atomic E-state index is 9.81. The van der Waals surface area contributed by atoms with Gasteiger partial charge in [-0.1, -0.05) is 0 Å². The van der Waals surface area contributed by atoms with Gasteiger partial charge in [0.1, 0.15) is 22.5 Å². The maximum absolute atomic E-state index is 9.81. The lowest BCUT2D eigenvalue weighted by Crippen LogP contribution is -2.21. The third-order valence-electron chi connectivity index (χ3n) is 2.98. The molecule has 1 aliphatic rings. The van der Waals surface area contributed by atoms with Crippen LogP contribution in [0.3, 0.4) is 0 Å². The van der Waals surface area contributed by atoms with Crippen LogP contribution in [0.5, 0.6) is 0 Å². The number of rotatable bonds is 2. The van der Waals surface area contributed by atoms with Crippen LogP contribution in [0.25, 0.3) is 0 Å². The van der Waals surface area contributed by atoms with E-state index in [1.165, 1.54) is 11.8 Å². The Labute approximate surface area is 98.2 Å². The van der Waals surface area contributed by atoms with E-state index in [0.717, 1.165) is 19.3 Å². The van der Waals surface area contributed by atoms with Crippen LogP contribution in [0.4, 0.5) is 5.82 Å². The number of hydrogen-bond donors (Lipinski definition) is 2. The quantitative estimate of drug-likeness (QED) is 0.754. The second kappa shape index (κ2) is 4.36. The zero-order chi connectivity index (χ0) is 11.7. The lowest BCUT2D eigenvalue weighted by Gasteiger charge is -2.16. The Morgan fingerprint density at radius 2 is 2.38 bits per heavy atom. The van der Waals surface area contributed by atoms with Crippen molar-refractivity contribution in [1.82, 2.24) is 9.78 Å². The van der Waals surface area contributed by atoms with Crippen LogP contribution in [0.2, 0.25) is 0 Å². The largest absolute Gasteiger partial charge is 0.391 e. The van der Waals surface area contributed by atoms with Crippen molar-refractivity contribution >= 4 is 17.6 Å². The third-order valence-corrected chi connectivity index (χ3v) is 3.65. The molecule has 1 aliphatic carbocycles. The van der Waals surface area contributed by atoms with E-state index in [2.05, 4.69) is 11.2 Å². The van der Waals surface area contributed by atoms with Crippen LogP contribution in [0, 0.1) is 11.3 Å². The molecule has 1 heterocycles. The van der Waals surface area contributed by atoms with Crippen molar-refractivity contribution in [2.75, 3.05) is 12.0 Å². The summed E-state index contributed by atoms with van der Waals surface area (Å²) >= 11 is 1.40. The van der Waals surface area contributed by atoms with Gasteiger partial charge in [-0.2, -0.15) is 10.4 Å². The average Bonchev–Trinajstić information content (AvgIpc) is 2.82. The molecule has 2 atom stereocenters. The van der Waals surface area contributed by atoms with Crippen LogP contribution in [-0.2, 0) is 0 Å². The SMILES string of the molecule is CSc1nn(C2CCCC2O)c(N)c1C#N. The Hall–Kier alpha value is -1.19. The van der Waals surface area contributed by atoms with Gasteiger partial charge in [0.05, 0.1) is 12.1 Å². The highest BCUT2D eigenvalue weighted by atomic mass is 32.2. The second-order valence-electron chi connectivity index (χ2n) is 3.89. The molecule has 0 amide bonds. The van der Waals surface area contributed by atoms with Crippen molar-refractivity contribution in [3.8, 4) is 6.07 Å². The van der Waals surface area contributed by atoms with Gasteiger partial charge in [0.25, 0.3) is 0 Å². The molecule has 1 aromatic heterocycles. The summed E-state index contributed by atoms with van der Waals surface area (Å²) < 4.78 is 1.61. The number of aromatic nitrogens is 2. The van der Waals surface area contributed by atoms with Crippen molar-refractivity contribution < 1.29 is 5.11 Å². The Morgan fingerprint density at radius 1 is 1.62 bits per heavy atom. The highest BCUT2D eigenvalue weighted by Crippen LogP contribution is 2.34. The van der Waals surface area contributed by atoms with Gasteiger partial charge >= 0.3 is 0 Å². The van der Waals surface area contributed by atoms with Gasteiger partial charge in [0, 0.05) is 0 Å². The zero-order valence-corrected chi connectivity index (χ0v) is 9.87. The summed E-state index contributed by atoms with van der Waals surface area (Å²) in [5, 5.41) is 23.7. The van der Waals surface area contributed by atoms with E-state index in [1.54, 1.807) is 4.68 Å². The molecule has 86 valence electrons. The van der Waals surface area contributed by atoms with Gasteiger partial charge in [-0.15, -0.1) is 11.8 Å². The number of nitrogens with zero attached hydrogens (tertiary/aromatic N) is 3. The molecule has 1 saturated carbocycles. The first-order chi connectivity index (χ1) is 7.69. The Bertz CT molecular complexity index is 437. The number of nitrogen functional groups attached to an aromatic ring is 1. The maximum Gasteiger partial charge on any atom is 0.141 e. The molecular formula is C10H14N4OS. The number of nitrogens with two attached hydrogens (primary N) is 1. The predicted octanol–water partition coefficient (Wildman–Crippen LogP) is 1.14. The topological polar surface area (TPSA) is 87.9 Å². The number of aliphatic hydroxyl groups excluding tert-OH is 1. The predicted molar refractivity (Wildman–Crippen MR) is 62.0 cm³/mol. The molecule has 2 unspecified atom stereocenters. The smallest absolute Gasteiger partial charge is 0.141 e. The van der Waals surface area contributed by atoms with Crippen molar-refractivity contribution in [2.24, 2.45) is 0 Å². The van der Waals surface area contributed by atoms with Gasteiger partial charge < -0.3 is 10.8 Å². The van der Waals surface area contributed by atoms with Gasteiger partial charge in [0.2, 0.25) is 0 Å². The van der Waals surface area contributed by atoms with Crippen LogP contribution in [0.1, 0.15) is 30.9 Å². The first kappa shape index (κ1) is 11.3. The molecule has 0 bridgehead atoms. The molecule has 0 aliphatic heterocycles. The molecule has 2 rings (SSSR count). The monoisotopic (exact) mass is 238 g/mol. The molecule has 6 heteroatoms. The molecule has 0 saturated heterocycles. The van der Waals surface area contributed by atoms with Crippen LogP contribution in [-0.4, -0.2) is 27.2 Å². The lowest BCUT2D eigenvalue weighted by atomic mass is 10.2. The van der Waals surface area contributed by atoms with Gasteiger partial charge in [-0.25, -0.2) is 4.68 Å². The molecule has 16 heavy (non-hydrogen) atoms. The minimum Gasteiger partial charge on any atom is -0.391 e. The van der Waals surface area contributed by atoms with Gasteiger partial charge in [-0.3, -0.25) is 0 Å². The standard InChI is InChI=1S/C10H14N4OS/c1-16-10-6(5-11)9(12)14(13-10)7-3-2-4-8(7)15/h7-8,15H,2-4,12H2,1H3. The zero-order valence-electron chi connectivity index (χ0n) is 9.05. The lowest BCUT2D eigenvalue weighted by molar-refractivity contribution is 0.131. The number of nitriles is 1. The molecule has 1 fully saturated rings. The highest BCUT2D eigenvalue weighted by Gasteiger charge is 2.30. The summed E-state index contributed by atoms with van der Waals surface area (Å²) in [5.74, 6) is 0.373. The Balaban J connectivity index is 2.42. The second-order valence-corrected chi connectivity index (χ2v) is 4.69. The Kier molecular flexibility index (Phi) is 3.08. The summed E-state index contributed by atoms with van der Waals surface area (Å²) in [6.45, 7) is 0. The van der Waals surface area contributed by atoms with E-state index in [0.29, 0.717) is 16.4 Å². The first-order valence-corrected chi connectivity index (χ1v) is 6.41. The molecule has 0 spiro atoms. The molecule has 5 nitrogen and oxygen atoms in total. The highest BCUT2D eigenvalue weighted by molar-refractivity contribution is 7.98. The first-order valence-electron chi connectivity index (χ1n) is 5.19. The van der Waals surface area contributed by atoms with E-state index >= 15 is 0 Å². The van der Waals surface area contributed by atoms with Crippen molar-refractivity contribution in [3.05, 3.63) is 5.56 Å². The third kappa shape index (κ3) is 1.66. The minimum absolute atomic E-state index is 0.0759. The fourth-order valence-corrected chi connectivity index (χ4v) is 2.66. The summed E-state index contributed by atoms with van der Waals surface area (Å²) in [6.07, 6.45) is 4.08. The van der Waals surface area contributed by atoms with Crippen LogP contribution >= 0.6 is 11.8 Å². The number of aliphatic hydroxyl groups is 1. The summed E-state index contributed by atoms with van der Waals surface area (Å²) in [5.41, 5.74) is 6.31. The van der Waals surface area contributed by atoms with Crippen molar-refractivity contribution in [1.29, 1.82) is 5.26 Å². The van der Waals surface area contributed by atoms with Crippen molar-refractivity contribution in [3.63, 3.8) is 0 Å². The molecule has 0 aromatic carbocycles.